The largest absolute Gasteiger partial charge is 0.451 e. The van der Waals surface area contributed by atoms with Gasteiger partial charge in [-0.1, -0.05) is 11.6 Å². The molecule has 0 spiro atoms. The van der Waals surface area contributed by atoms with Gasteiger partial charge in [-0.2, -0.15) is 36.3 Å². The number of hydrogen-bond donors (Lipinski definition) is 2. The fourth-order valence-electron chi connectivity index (χ4n) is 3.89. The molecule has 0 fully saturated rings. The van der Waals surface area contributed by atoms with Crippen molar-refractivity contribution in [3.63, 3.8) is 0 Å². The van der Waals surface area contributed by atoms with E-state index in [1.54, 1.807) is 18.2 Å². The van der Waals surface area contributed by atoms with Gasteiger partial charge in [0, 0.05) is 28.2 Å². The monoisotopic (exact) mass is 479 g/mol. The molecule has 0 saturated heterocycles. The summed E-state index contributed by atoms with van der Waals surface area (Å²) < 4.78 is 79.4. The van der Waals surface area contributed by atoms with Crippen molar-refractivity contribution in [1.29, 1.82) is 0 Å². The van der Waals surface area contributed by atoms with Crippen LogP contribution in [0, 0.1) is 0 Å². The molecule has 3 aromatic rings. The minimum Gasteiger partial charge on any atom is -0.393 e. The van der Waals surface area contributed by atoms with Crippen LogP contribution < -0.4 is 4.90 Å². The number of halogens is 7. The number of aliphatic hydroxyl groups is 1. The van der Waals surface area contributed by atoms with E-state index in [1.165, 1.54) is 11.8 Å². The zero-order chi connectivity index (χ0) is 23.4. The zero-order valence-electron chi connectivity index (χ0n) is 16.4. The number of benzene rings is 1. The SMILES string of the molecule is C[C@H](O)C[C@@H]1c2[nH]c3ccc(Cl)cc3c2CCN1c1nc(C(F)(F)F)nc(C(F)(F)F)n1. The van der Waals surface area contributed by atoms with Crippen molar-refractivity contribution in [3.8, 4) is 0 Å². The fourth-order valence-corrected chi connectivity index (χ4v) is 4.06. The van der Waals surface area contributed by atoms with Gasteiger partial charge in [0.1, 0.15) is 0 Å². The highest BCUT2D eigenvalue weighted by Gasteiger charge is 2.43. The lowest BCUT2D eigenvalue weighted by Crippen LogP contribution is -2.39. The van der Waals surface area contributed by atoms with Gasteiger partial charge in [0.05, 0.1) is 12.1 Å². The number of H-pyrrole nitrogens is 1. The van der Waals surface area contributed by atoms with Gasteiger partial charge in [0.2, 0.25) is 17.6 Å². The van der Waals surface area contributed by atoms with Crippen molar-refractivity contribution in [2.45, 2.75) is 44.3 Å². The zero-order valence-corrected chi connectivity index (χ0v) is 17.1. The molecule has 2 N–H and O–H groups in total. The summed E-state index contributed by atoms with van der Waals surface area (Å²) in [6.45, 7) is 1.50. The van der Waals surface area contributed by atoms with Gasteiger partial charge in [-0.3, -0.25) is 0 Å². The van der Waals surface area contributed by atoms with Crippen molar-refractivity contribution in [2.24, 2.45) is 0 Å². The molecule has 0 aliphatic carbocycles. The lowest BCUT2D eigenvalue weighted by molar-refractivity contribution is -0.155. The average molecular weight is 480 g/mol. The van der Waals surface area contributed by atoms with Crippen molar-refractivity contribution >= 4 is 28.5 Å². The number of nitrogens with one attached hydrogen (secondary N) is 1. The molecular weight excluding hydrogens is 464 g/mol. The highest BCUT2D eigenvalue weighted by atomic mass is 35.5. The summed E-state index contributed by atoms with van der Waals surface area (Å²) in [7, 11) is 0. The van der Waals surface area contributed by atoms with Crippen LogP contribution in [0.5, 0.6) is 0 Å². The number of anilines is 1. The second kappa shape index (κ2) is 7.77. The summed E-state index contributed by atoms with van der Waals surface area (Å²) in [6.07, 6.45) is -11.0. The van der Waals surface area contributed by atoms with Crippen molar-refractivity contribution < 1.29 is 31.4 Å². The van der Waals surface area contributed by atoms with Gasteiger partial charge in [-0.25, -0.2) is 4.98 Å². The first-order valence-corrected chi connectivity index (χ1v) is 9.87. The highest BCUT2D eigenvalue weighted by Crippen LogP contribution is 2.40. The van der Waals surface area contributed by atoms with Crippen molar-refractivity contribution in [1.82, 2.24) is 19.9 Å². The summed E-state index contributed by atoms with van der Waals surface area (Å²) in [6, 6.07) is 4.32. The Hall–Kier alpha value is -2.60. The Kier molecular flexibility index (Phi) is 5.48. The molecule has 2 aromatic heterocycles. The second-order valence-electron chi connectivity index (χ2n) is 7.53. The Bertz CT molecular complexity index is 1130. The van der Waals surface area contributed by atoms with Crippen LogP contribution in [0.25, 0.3) is 10.9 Å². The Balaban J connectivity index is 1.87. The standard InChI is InChI=1S/C19H16ClF6N5O/c1-8(32)6-13-14-10(11-7-9(20)2-3-12(11)27-14)4-5-31(13)17-29-15(18(21,22)23)28-16(30-17)19(24,25)26/h2-3,7-8,13,27,32H,4-6H2,1H3/t8-,13+/m0/s1. The van der Waals surface area contributed by atoms with E-state index in [2.05, 4.69) is 19.9 Å². The van der Waals surface area contributed by atoms with Crippen LogP contribution >= 0.6 is 11.6 Å². The van der Waals surface area contributed by atoms with Gasteiger partial charge < -0.3 is 15.0 Å². The van der Waals surface area contributed by atoms with Crippen LogP contribution in [0.1, 0.15) is 42.3 Å². The number of hydrogen-bond acceptors (Lipinski definition) is 5. The van der Waals surface area contributed by atoms with E-state index in [1.807, 2.05) is 0 Å². The van der Waals surface area contributed by atoms with E-state index in [9.17, 15) is 31.4 Å². The maximum Gasteiger partial charge on any atom is 0.451 e. The van der Waals surface area contributed by atoms with Crippen LogP contribution in [-0.4, -0.2) is 37.7 Å². The van der Waals surface area contributed by atoms with Crippen molar-refractivity contribution in [3.05, 3.63) is 46.1 Å². The van der Waals surface area contributed by atoms with Gasteiger partial charge in [-0.15, -0.1) is 0 Å². The Morgan fingerprint density at radius 3 is 2.31 bits per heavy atom. The molecular formula is C19H16ClF6N5O. The highest BCUT2D eigenvalue weighted by molar-refractivity contribution is 6.31. The molecule has 6 nitrogen and oxygen atoms in total. The van der Waals surface area contributed by atoms with E-state index < -0.39 is 42.1 Å². The molecule has 32 heavy (non-hydrogen) atoms. The van der Waals surface area contributed by atoms with E-state index in [0.29, 0.717) is 22.7 Å². The number of nitrogens with zero attached hydrogens (tertiary/aromatic N) is 4. The Morgan fingerprint density at radius 2 is 1.75 bits per heavy atom. The molecule has 172 valence electrons. The molecule has 0 unspecified atom stereocenters. The van der Waals surface area contributed by atoms with Gasteiger partial charge in [0.15, 0.2) is 0 Å². The summed E-state index contributed by atoms with van der Waals surface area (Å²) >= 11 is 6.08. The second-order valence-corrected chi connectivity index (χ2v) is 7.97. The average Bonchev–Trinajstić information content (AvgIpc) is 3.04. The Labute approximate surface area is 182 Å². The van der Waals surface area contributed by atoms with Gasteiger partial charge >= 0.3 is 12.4 Å². The molecule has 13 heteroatoms. The number of aromatic nitrogens is 4. The van der Waals surface area contributed by atoms with E-state index >= 15 is 0 Å². The Morgan fingerprint density at radius 1 is 1.12 bits per heavy atom. The number of aromatic amines is 1. The number of alkyl halides is 6. The van der Waals surface area contributed by atoms with Gasteiger partial charge in [0.25, 0.3) is 0 Å². The fraction of sp³-hybridized carbons (Fsp3) is 0.421. The van der Waals surface area contributed by atoms with Crippen LogP contribution in [-0.2, 0) is 18.8 Å². The third-order valence-electron chi connectivity index (χ3n) is 5.17. The molecule has 2 atom stereocenters. The summed E-state index contributed by atoms with van der Waals surface area (Å²) in [5, 5.41) is 11.3. The van der Waals surface area contributed by atoms with E-state index in [0.717, 1.165) is 10.9 Å². The molecule has 0 saturated carbocycles. The van der Waals surface area contributed by atoms with Crippen LogP contribution in [0.15, 0.2) is 18.2 Å². The number of rotatable bonds is 3. The smallest absolute Gasteiger partial charge is 0.393 e. The van der Waals surface area contributed by atoms with E-state index in [4.69, 9.17) is 11.6 Å². The summed E-state index contributed by atoms with van der Waals surface area (Å²) in [5.41, 5.74) is 2.09. The molecule has 0 bridgehead atoms. The van der Waals surface area contributed by atoms with Crippen molar-refractivity contribution in [2.75, 3.05) is 11.4 Å². The predicted molar refractivity (Wildman–Crippen MR) is 103 cm³/mol. The van der Waals surface area contributed by atoms with Gasteiger partial charge in [-0.05, 0) is 43.5 Å². The topological polar surface area (TPSA) is 77.9 Å². The first-order chi connectivity index (χ1) is 14.8. The third-order valence-corrected chi connectivity index (χ3v) is 5.40. The molecule has 0 radical (unpaired) electrons. The third kappa shape index (κ3) is 4.20. The first-order valence-electron chi connectivity index (χ1n) is 9.49. The molecule has 1 aromatic carbocycles. The number of fused-ring (bicyclic) bond motifs is 3. The lowest BCUT2D eigenvalue weighted by atomic mass is 9.94. The minimum absolute atomic E-state index is 0.0158. The molecule has 1 aliphatic rings. The van der Waals surface area contributed by atoms with Crippen LogP contribution in [0.2, 0.25) is 5.02 Å². The minimum atomic E-state index is -5.20. The van der Waals surface area contributed by atoms with Crippen LogP contribution in [0.3, 0.4) is 0 Å². The molecule has 4 rings (SSSR count). The summed E-state index contributed by atoms with van der Waals surface area (Å²) in [5.74, 6) is -4.62. The molecule has 3 heterocycles. The quantitative estimate of drug-likeness (QED) is 0.521. The number of aliphatic hydroxyl groups excluding tert-OH is 1. The lowest BCUT2D eigenvalue weighted by Gasteiger charge is -2.36. The maximum absolute atomic E-state index is 13.2. The normalized spacial score (nSPS) is 18.2. The van der Waals surface area contributed by atoms with E-state index in [-0.39, 0.29) is 13.0 Å². The molecule has 1 aliphatic heterocycles. The summed E-state index contributed by atoms with van der Waals surface area (Å²) in [4.78, 5) is 13.6. The first kappa shape index (κ1) is 22.6. The van der Waals surface area contributed by atoms with Crippen LogP contribution in [0.4, 0.5) is 32.3 Å². The predicted octanol–water partition coefficient (Wildman–Crippen LogP) is 4.92. The maximum atomic E-state index is 13.2. The molecule has 0 amide bonds.